The van der Waals surface area contributed by atoms with Crippen molar-refractivity contribution in [2.45, 2.75) is 70.9 Å². The molecule has 1 unspecified atom stereocenters. The van der Waals surface area contributed by atoms with E-state index in [1.54, 1.807) is 6.07 Å². The van der Waals surface area contributed by atoms with Crippen molar-refractivity contribution >= 4 is 28.5 Å². The molecule has 7 heteroatoms. The molecule has 1 fully saturated rings. The number of esters is 1. The summed E-state index contributed by atoms with van der Waals surface area (Å²) in [5, 5.41) is 14.7. The molecule has 2 heterocycles. The number of phenols is 1. The normalized spacial score (nSPS) is 14.5. The summed E-state index contributed by atoms with van der Waals surface area (Å²) in [6.45, 7) is 7.46. The molecule has 1 atom stereocenters. The van der Waals surface area contributed by atoms with E-state index in [0.717, 1.165) is 64.8 Å². The number of nitrogens with one attached hydrogen (secondary N) is 2. The monoisotopic (exact) mass is 567 g/mol. The Labute approximate surface area is 247 Å². The average Bonchev–Trinajstić information content (AvgIpc) is 3.37. The second kappa shape index (κ2) is 12.7. The molecular weight excluding hydrogens is 526 g/mol. The van der Waals surface area contributed by atoms with Gasteiger partial charge in [0.05, 0.1) is 12.5 Å². The Balaban J connectivity index is 1.36. The molecule has 3 N–H and O–H groups in total. The summed E-state index contributed by atoms with van der Waals surface area (Å²) in [5.74, 6) is -0.0936. The Hall–Kier alpha value is -4.26. The number of H-pyrrole nitrogens is 1. The van der Waals surface area contributed by atoms with Gasteiger partial charge in [0.2, 0.25) is 5.91 Å². The second-order valence-electron chi connectivity index (χ2n) is 12.2. The number of aromatic amines is 1. The van der Waals surface area contributed by atoms with Gasteiger partial charge in [-0.25, -0.2) is 0 Å². The Morgan fingerprint density at radius 2 is 1.76 bits per heavy atom. The predicted molar refractivity (Wildman–Crippen MR) is 167 cm³/mol. The topological polar surface area (TPSA) is 94.7 Å². The van der Waals surface area contributed by atoms with Gasteiger partial charge in [0.25, 0.3) is 0 Å². The molecule has 0 aliphatic carbocycles. The van der Waals surface area contributed by atoms with Crippen LogP contribution in [0, 0.1) is 0 Å². The molecule has 3 aromatic carbocycles. The van der Waals surface area contributed by atoms with Gasteiger partial charge in [-0.15, -0.1) is 0 Å². The van der Waals surface area contributed by atoms with Crippen molar-refractivity contribution < 1.29 is 19.4 Å². The van der Waals surface area contributed by atoms with Gasteiger partial charge in [0.1, 0.15) is 11.4 Å². The maximum absolute atomic E-state index is 13.6. The maximum Gasteiger partial charge on any atom is 0.306 e. The Morgan fingerprint density at radius 3 is 2.50 bits per heavy atom. The Bertz CT molecular complexity index is 1530. The number of rotatable bonds is 9. The van der Waals surface area contributed by atoms with Crippen LogP contribution in [0.4, 0.5) is 5.69 Å². The number of benzene rings is 3. The van der Waals surface area contributed by atoms with Crippen molar-refractivity contribution in [3.05, 3.63) is 95.2 Å². The fraction of sp³-hybridized carbons (Fsp3) is 0.371. The number of fused-ring (bicyclic) bond motifs is 1. The number of nitrogens with zero attached hydrogens (tertiary/aromatic N) is 1. The van der Waals surface area contributed by atoms with Crippen LogP contribution in [0.5, 0.6) is 5.75 Å². The zero-order chi connectivity index (χ0) is 29.7. The van der Waals surface area contributed by atoms with Gasteiger partial charge in [-0.05, 0) is 81.3 Å². The van der Waals surface area contributed by atoms with E-state index in [0.29, 0.717) is 12.8 Å². The molecule has 0 saturated carbocycles. The molecule has 42 heavy (non-hydrogen) atoms. The van der Waals surface area contributed by atoms with Gasteiger partial charge in [0.15, 0.2) is 0 Å². The number of hydrogen-bond acceptors (Lipinski definition) is 5. The van der Waals surface area contributed by atoms with Crippen LogP contribution in [0.1, 0.15) is 74.8 Å². The number of hydrogen-bond donors (Lipinski definition) is 3. The minimum Gasteiger partial charge on any atom is -0.508 e. The number of aromatic hydroxyl groups is 1. The van der Waals surface area contributed by atoms with E-state index in [-0.39, 0.29) is 30.1 Å². The Morgan fingerprint density at radius 1 is 1.00 bits per heavy atom. The van der Waals surface area contributed by atoms with Crippen molar-refractivity contribution in [3.8, 4) is 5.75 Å². The molecular formula is C35H41N3O4. The largest absolute Gasteiger partial charge is 0.508 e. The molecule has 220 valence electrons. The summed E-state index contributed by atoms with van der Waals surface area (Å²) in [6.07, 6.45) is 6.42. The van der Waals surface area contributed by atoms with Gasteiger partial charge in [-0.2, -0.15) is 0 Å². The first-order valence-corrected chi connectivity index (χ1v) is 14.9. The first kappa shape index (κ1) is 29.2. The zero-order valence-corrected chi connectivity index (χ0v) is 24.8. The minimum absolute atomic E-state index is 0.0910. The van der Waals surface area contributed by atoms with E-state index in [2.05, 4.69) is 15.2 Å². The highest BCUT2D eigenvalue weighted by molar-refractivity contribution is 5.87. The van der Waals surface area contributed by atoms with Crippen LogP contribution in [0.2, 0.25) is 0 Å². The van der Waals surface area contributed by atoms with E-state index < -0.39 is 5.60 Å². The number of amides is 1. The number of aromatic nitrogens is 1. The number of phenolic OH excluding ortho intramolecular Hbond substituents is 1. The fourth-order valence-electron chi connectivity index (χ4n) is 5.74. The number of aryl methyl sites for hydroxylation is 1. The highest BCUT2D eigenvalue weighted by Crippen LogP contribution is 2.35. The van der Waals surface area contributed by atoms with Crippen molar-refractivity contribution in [1.82, 2.24) is 10.3 Å². The van der Waals surface area contributed by atoms with Gasteiger partial charge in [-0.1, -0.05) is 42.5 Å². The van der Waals surface area contributed by atoms with Gasteiger partial charge < -0.3 is 25.0 Å². The summed E-state index contributed by atoms with van der Waals surface area (Å²) < 4.78 is 5.47. The third-order valence-electron chi connectivity index (χ3n) is 7.68. The van der Waals surface area contributed by atoms with Gasteiger partial charge >= 0.3 is 5.97 Å². The van der Waals surface area contributed by atoms with Crippen LogP contribution in [0.3, 0.4) is 0 Å². The molecule has 4 aromatic rings. The van der Waals surface area contributed by atoms with Crippen molar-refractivity contribution in [2.75, 3.05) is 18.0 Å². The average molecular weight is 568 g/mol. The summed E-state index contributed by atoms with van der Waals surface area (Å²) in [4.78, 5) is 31.5. The summed E-state index contributed by atoms with van der Waals surface area (Å²) >= 11 is 0. The predicted octanol–water partition coefficient (Wildman–Crippen LogP) is 6.59. The van der Waals surface area contributed by atoms with E-state index in [1.807, 2.05) is 87.6 Å². The van der Waals surface area contributed by atoms with Crippen molar-refractivity contribution in [3.63, 3.8) is 0 Å². The highest BCUT2D eigenvalue weighted by Gasteiger charge is 2.24. The summed E-state index contributed by atoms with van der Waals surface area (Å²) in [5.41, 5.74) is 5.30. The third-order valence-corrected chi connectivity index (χ3v) is 7.68. The van der Waals surface area contributed by atoms with Gasteiger partial charge in [-0.3, -0.25) is 9.59 Å². The van der Waals surface area contributed by atoms with E-state index >= 15 is 0 Å². The molecule has 1 saturated heterocycles. The number of carbonyl (C=O) groups excluding carboxylic acids is 2. The van der Waals surface area contributed by atoms with Crippen LogP contribution in [-0.4, -0.2) is 40.7 Å². The number of carbonyl (C=O) groups is 2. The van der Waals surface area contributed by atoms with E-state index in [1.165, 1.54) is 6.42 Å². The first-order valence-electron chi connectivity index (χ1n) is 14.9. The van der Waals surface area contributed by atoms with Crippen molar-refractivity contribution in [2.24, 2.45) is 0 Å². The minimum atomic E-state index is -0.510. The lowest BCUT2D eigenvalue weighted by molar-refractivity contribution is -0.154. The van der Waals surface area contributed by atoms with Crippen LogP contribution in [0.25, 0.3) is 10.9 Å². The number of ether oxygens (including phenoxy) is 1. The standard InChI is InChI=1S/C35H41N3O4/c1-35(2,3)42-33(41)17-13-26-23-36-30-16-12-24(20-29(26)30)21-32(40)37-34(25-10-6-4-7-11-25)28-15-14-27(39)22-31(28)38-18-8-5-9-19-38/h4,6-7,10-12,14-16,20,22-23,34,36,39H,5,8-9,13,17-19,21H2,1-3H3,(H,37,40). The lowest BCUT2D eigenvalue weighted by Crippen LogP contribution is -2.34. The first-order chi connectivity index (χ1) is 20.2. The third kappa shape index (κ3) is 7.32. The van der Waals surface area contributed by atoms with Crippen LogP contribution in [-0.2, 0) is 27.2 Å². The van der Waals surface area contributed by atoms with Gasteiger partial charge in [0, 0.05) is 53.9 Å². The molecule has 5 rings (SSSR count). The zero-order valence-electron chi connectivity index (χ0n) is 24.8. The lowest BCUT2D eigenvalue weighted by Gasteiger charge is -2.33. The molecule has 1 aromatic heterocycles. The number of anilines is 1. The van der Waals surface area contributed by atoms with Crippen molar-refractivity contribution in [1.29, 1.82) is 0 Å². The van der Waals surface area contributed by atoms with Crippen LogP contribution < -0.4 is 10.2 Å². The SMILES string of the molecule is CC(C)(C)OC(=O)CCc1c[nH]c2ccc(CC(=O)NC(c3ccccc3)c3ccc(O)cc3N3CCCCC3)cc12. The maximum atomic E-state index is 13.6. The molecule has 0 radical (unpaired) electrons. The molecule has 1 amide bonds. The lowest BCUT2D eigenvalue weighted by atomic mass is 9.95. The molecule has 1 aliphatic heterocycles. The van der Waals surface area contributed by atoms with E-state index in [9.17, 15) is 14.7 Å². The van der Waals surface area contributed by atoms with Crippen LogP contribution >= 0.6 is 0 Å². The highest BCUT2D eigenvalue weighted by atomic mass is 16.6. The fourth-order valence-corrected chi connectivity index (χ4v) is 5.74. The molecule has 0 bridgehead atoms. The van der Waals surface area contributed by atoms with E-state index in [4.69, 9.17) is 4.74 Å². The Kier molecular flexibility index (Phi) is 8.86. The molecule has 0 spiro atoms. The molecule has 7 nitrogen and oxygen atoms in total. The second-order valence-corrected chi connectivity index (χ2v) is 12.2. The van der Waals surface area contributed by atoms with Crippen LogP contribution in [0.15, 0.2) is 72.9 Å². The molecule has 1 aliphatic rings. The summed E-state index contributed by atoms with van der Waals surface area (Å²) in [6, 6.07) is 21.1. The number of piperidine rings is 1. The summed E-state index contributed by atoms with van der Waals surface area (Å²) in [7, 11) is 0. The smallest absolute Gasteiger partial charge is 0.306 e. The quantitative estimate of drug-likeness (QED) is 0.199.